The van der Waals surface area contributed by atoms with Crippen molar-refractivity contribution < 1.29 is 9.18 Å². The minimum absolute atomic E-state index is 0.0195. The summed E-state index contributed by atoms with van der Waals surface area (Å²) < 4.78 is 13.9. The molecule has 1 aliphatic rings. The van der Waals surface area contributed by atoms with Gasteiger partial charge in [-0.3, -0.25) is 4.79 Å². The minimum atomic E-state index is -0.559. The smallest absolute Gasteiger partial charge is 0.258 e. The Bertz CT molecular complexity index is 486. The number of benzene rings is 1. The van der Waals surface area contributed by atoms with Crippen molar-refractivity contribution in [3.63, 3.8) is 0 Å². The highest BCUT2D eigenvalue weighted by atomic mass is 35.5. The summed E-state index contributed by atoms with van der Waals surface area (Å²) in [6, 6.07) is 4.58. The summed E-state index contributed by atoms with van der Waals surface area (Å²) >= 11 is 6.00. The Labute approximate surface area is 124 Å². The monoisotopic (exact) mass is 298 g/mol. The van der Waals surface area contributed by atoms with E-state index >= 15 is 0 Å². The van der Waals surface area contributed by atoms with Crippen LogP contribution in [0.25, 0.3) is 0 Å². The first kappa shape index (κ1) is 15.3. The normalized spacial score (nSPS) is 23.2. The van der Waals surface area contributed by atoms with E-state index < -0.39 is 5.82 Å². The maximum atomic E-state index is 13.9. The average Bonchev–Trinajstić information content (AvgIpc) is 2.37. The summed E-state index contributed by atoms with van der Waals surface area (Å²) in [4.78, 5) is 14.4. The van der Waals surface area contributed by atoms with Gasteiger partial charge in [0.25, 0.3) is 5.91 Å². The molecule has 1 aromatic carbocycles. The zero-order valence-corrected chi connectivity index (χ0v) is 12.7. The maximum Gasteiger partial charge on any atom is 0.258 e. The largest absolute Gasteiger partial charge is 0.332 e. The number of hydrogen-bond acceptors (Lipinski definition) is 2. The lowest BCUT2D eigenvalue weighted by Gasteiger charge is -2.41. The van der Waals surface area contributed by atoms with Gasteiger partial charge < -0.3 is 10.2 Å². The fraction of sp³-hybridized carbons (Fsp3) is 0.533. The lowest BCUT2D eigenvalue weighted by Crippen LogP contribution is -2.59. The Balaban J connectivity index is 2.34. The molecule has 1 aliphatic heterocycles. The molecule has 0 aromatic heterocycles. The van der Waals surface area contributed by atoms with Crippen molar-refractivity contribution in [2.45, 2.75) is 32.9 Å². The van der Waals surface area contributed by atoms with Crippen molar-refractivity contribution in [2.75, 3.05) is 13.1 Å². The number of amides is 1. The van der Waals surface area contributed by atoms with Gasteiger partial charge >= 0.3 is 0 Å². The lowest BCUT2D eigenvalue weighted by atomic mass is 9.97. The topological polar surface area (TPSA) is 32.3 Å². The number of carbonyl (C=O) groups is 1. The van der Waals surface area contributed by atoms with Crippen LogP contribution in [0.2, 0.25) is 5.02 Å². The van der Waals surface area contributed by atoms with Gasteiger partial charge in [0.1, 0.15) is 5.82 Å². The van der Waals surface area contributed by atoms with Crippen molar-refractivity contribution in [3.8, 4) is 0 Å². The van der Waals surface area contributed by atoms with Crippen molar-refractivity contribution in [3.05, 3.63) is 34.6 Å². The summed E-state index contributed by atoms with van der Waals surface area (Å²) in [5.41, 5.74) is -0.0195. The maximum absolute atomic E-state index is 13.9. The second-order valence-corrected chi connectivity index (χ2v) is 6.08. The highest BCUT2D eigenvalue weighted by molar-refractivity contribution is 6.33. The summed E-state index contributed by atoms with van der Waals surface area (Å²) in [5, 5.41) is 3.53. The van der Waals surface area contributed by atoms with Gasteiger partial charge in [-0.15, -0.1) is 0 Å². The second kappa shape index (κ2) is 6.10. The second-order valence-electron chi connectivity index (χ2n) is 5.67. The van der Waals surface area contributed by atoms with E-state index in [0.29, 0.717) is 12.5 Å². The van der Waals surface area contributed by atoms with E-state index in [1.165, 1.54) is 12.1 Å². The molecule has 1 amide bonds. The fourth-order valence-electron chi connectivity index (χ4n) is 2.60. The van der Waals surface area contributed by atoms with E-state index in [0.717, 1.165) is 6.54 Å². The Hall–Kier alpha value is -1.13. The summed E-state index contributed by atoms with van der Waals surface area (Å²) in [6.45, 7) is 7.42. The van der Waals surface area contributed by atoms with Crippen LogP contribution < -0.4 is 5.32 Å². The van der Waals surface area contributed by atoms with Crippen LogP contribution in [0.15, 0.2) is 18.2 Å². The van der Waals surface area contributed by atoms with Crippen LogP contribution in [0.5, 0.6) is 0 Å². The molecule has 2 rings (SSSR count). The third-order valence-electron chi connectivity index (χ3n) is 3.75. The molecular weight excluding hydrogens is 279 g/mol. The number of nitrogens with zero attached hydrogens (tertiary/aromatic N) is 1. The highest BCUT2D eigenvalue weighted by Crippen LogP contribution is 2.24. The SMILES string of the molecule is CC1CN(C(=O)c2c(F)cccc2Cl)C(C(C)C)CN1. The molecule has 2 unspecified atom stereocenters. The molecule has 0 saturated carbocycles. The van der Waals surface area contributed by atoms with Gasteiger partial charge in [0, 0.05) is 25.2 Å². The van der Waals surface area contributed by atoms with Gasteiger partial charge in [-0.2, -0.15) is 0 Å². The number of rotatable bonds is 2. The van der Waals surface area contributed by atoms with Crippen LogP contribution in [-0.4, -0.2) is 36.0 Å². The first-order chi connectivity index (χ1) is 9.41. The van der Waals surface area contributed by atoms with E-state index in [1.807, 2.05) is 6.92 Å². The lowest BCUT2D eigenvalue weighted by molar-refractivity contribution is 0.0517. The molecule has 2 atom stereocenters. The minimum Gasteiger partial charge on any atom is -0.332 e. The van der Waals surface area contributed by atoms with Crippen molar-refractivity contribution >= 4 is 17.5 Å². The first-order valence-electron chi connectivity index (χ1n) is 6.90. The number of hydrogen-bond donors (Lipinski definition) is 1. The summed E-state index contributed by atoms with van der Waals surface area (Å²) in [5.74, 6) is -0.583. The molecule has 20 heavy (non-hydrogen) atoms. The molecule has 5 heteroatoms. The molecule has 1 fully saturated rings. The number of halogens is 2. The van der Waals surface area contributed by atoms with Crippen LogP contribution in [-0.2, 0) is 0 Å². The Kier molecular flexibility index (Phi) is 4.66. The number of nitrogens with one attached hydrogen (secondary N) is 1. The van der Waals surface area contributed by atoms with Gasteiger partial charge in [0.05, 0.1) is 10.6 Å². The van der Waals surface area contributed by atoms with Crippen molar-refractivity contribution in [1.82, 2.24) is 10.2 Å². The quantitative estimate of drug-likeness (QED) is 0.910. The molecule has 0 spiro atoms. The molecular formula is C15H20ClFN2O. The summed E-state index contributed by atoms with van der Waals surface area (Å²) in [7, 11) is 0. The van der Waals surface area contributed by atoms with Gasteiger partial charge in [-0.05, 0) is 25.0 Å². The van der Waals surface area contributed by atoms with Crippen LogP contribution in [0.1, 0.15) is 31.1 Å². The zero-order chi connectivity index (χ0) is 14.9. The Morgan fingerprint density at radius 2 is 2.20 bits per heavy atom. The molecule has 1 N–H and O–H groups in total. The molecule has 0 bridgehead atoms. The molecule has 0 aliphatic carbocycles. The molecule has 1 heterocycles. The average molecular weight is 299 g/mol. The van der Waals surface area contributed by atoms with E-state index in [-0.39, 0.29) is 28.6 Å². The van der Waals surface area contributed by atoms with Crippen LogP contribution in [0.3, 0.4) is 0 Å². The van der Waals surface area contributed by atoms with Crippen LogP contribution >= 0.6 is 11.6 Å². The Morgan fingerprint density at radius 3 is 2.80 bits per heavy atom. The molecule has 1 saturated heterocycles. The van der Waals surface area contributed by atoms with E-state index in [1.54, 1.807) is 11.0 Å². The third kappa shape index (κ3) is 2.96. The predicted molar refractivity (Wildman–Crippen MR) is 78.5 cm³/mol. The summed E-state index contributed by atoms with van der Waals surface area (Å²) in [6.07, 6.45) is 0. The zero-order valence-electron chi connectivity index (χ0n) is 12.0. The van der Waals surface area contributed by atoms with E-state index in [9.17, 15) is 9.18 Å². The third-order valence-corrected chi connectivity index (χ3v) is 4.07. The van der Waals surface area contributed by atoms with Gasteiger partial charge in [0.2, 0.25) is 0 Å². The standard InChI is InChI=1S/C15H20ClFN2O/c1-9(2)13-7-18-10(3)8-19(13)15(20)14-11(16)5-4-6-12(14)17/h4-6,9-10,13,18H,7-8H2,1-3H3. The van der Waals surface area contributed by atoms with E-state index in [4.69, 9.17) is 11.6 Å². The van der Waals surface area contributed by atoms with E-state index in [2.05, 4.69) is 19.2 Å². The van der Waals surface area contributed by atoms with Crippen LogP contribution in [0.4, 0.5) is 4.39 Å². The number of piperazine rings is 1. The molecule has 1 aromatic rings. The predicted octanol–water partition coefficient (Wildman–Crippen LogP) is 2.94. The van der Waals surface area contributed by atoms with Gasteiger partial charge in [-0.25, -0.2) is 4.39 Å². The van der Waals surface area contributed by atoms with Crippen molar-refractivity contribution in [2.24, 2.45) is 5.92 Å². The van der Waals surface area contributed by atoms with Crippen molar-refractivity contribution in [1.29, 1.82) is 0 Å². The first-order valence-corrected chi connectivity index (χ1v) is 7.28. The van der Waals surface area contributed by atoms with Crippen LogP contribution in [0, 0.1) is 11.7 Å². The molecule has 3 nitrogen and oxygen atoms in total. The number of carbonyl (C=O) groups excluding carboxylic acids is 1. The molecule has 0 radical (unpaired) electrons. The fourth-order valence-corrected chi connectivity index (χ4v) is 2.85. The van der Waals surface area contributed by atoms with Gasteiger partial charge in [-0.1, -0.05) is 31.5 Å². The highest BCUT2D eigenvalue weighted by Gasteiger charge is 2.33. The molecule has 110 valence electrons. The Morgan fingerprint density at radius 1 is 1.50 bits per heavy atom. The van der Waals surface area contributed by atoms with Gasteiger partial charge in [0.15, 0.2) is 0 Å².